The van der Waals surface area contributed by atoms with E-state index in [2.05, 4.69) is 78.6 Å². The lowest BCUT2D eigenvalue weighted by Crippen LogP contribution is -2.05. The Morgan fingerprint density at radius 1 is 0.833 bits per heavy atom. The lowest BCUT2D eigenvalue weighted by atomic mass is 9.83. The predicted molar refractivity (Wildman–Crippen MR) is 99.9 cm³/mol. The highest BCUT2D eigenvalue weighted by Gasteiger charge is 2.30. The molecular weight excluding hydrogens is 290 g/mol. The van der Waals surface area contributed by atoms with E-state index in [-0.39, 0.29) is 0 Å². The van der Waals surface area contributed by atoms with Crippen LogP contribution in [-0.4, -0.2) is 4.98 Å². The normalized spacial score (nSPS) is 20.0. The van der Waals surface area contributed by atoms with Gasteiger partial charge < -0.3 is 0 Å². The standard InChI is InChI=1S/C23H21N/c1-17-9-11-19(12-10-17)23-15-21(20-8-5-13-24-16-20)14-22(23)18-6-3-2-4-7-18/h2-14,16,22-23H,15H2,1H3/t22-,23-/m0/s1. The molecule has 1 aliphatic rings. The van der Waals surface area contributed by atoms with E-state index in [1.54, 1.807) is 0 Å². The van der Waals surface area contributed by atoms with E-state index >= 15 is 0 Å². The molecule has 0 aliphatic heterocycles. The number of aryl methyl sites for hydroxylation is 1. The molecule has 1 aromatic heterocycles. The average Bonchev–Trinajstić information content (AvgIpc) is 3.09. The molecule has 1 heterocycles. The number of pyridine rings is 1. The first-order valence-corrected chi connectivity index (χ1v) is 8.54. The van der Waals surface area contributed by atoms with Crippen LogP contribution in [0.15, 0.2) is 85.2 Å². The van der Waals surface area contributed by atoms with E-state index in [4.69, 9.17) is 0 Å². The molecule has 3 aromatic rings. The van der Waals surface area contributed by atoms with Gasteiger partial charge in [0.1, 0.15) is 0 Å². The van der Waals surface area contributed by atoms with Gasteiger partial charge in [-0.15, -0.1) is 0 Å². The zero-order chi connectivity index (χ0) is 16.4. The summed E-state index contributed by atoms with van der Waals surface area (Å²) in [5.74, 6) is 0.910. The fraction of sp³-hybridized carbons (Fsp3) is 0.174. The first-order valence-electron chi connectivity index (χ1n) is 8.54. The minimum Gasteiger partial charge on any atom is -0.264 e. The number of hydrogen-bond acceptors (Lipinski definition) is 1. The van der Waals surface area contributed by atoms with Gasteiger partial charge in [0.2, 0.25) is 0 Å². The van der Waals surface area contributed by atoms with E-state index in [0.717, 1.165) is 6.42 Å². The zero-order valence-electron chi connectivity index (χ0n) is 13.9. The van der Waals surface area contributed by atoms with Gasteiger partial charge in [-0.1, -0.05) is 72.3 Å². The molecule has 0 unspecified atom stereocenters. The van der Waals surface area contributed by atoms with Gasteiger partial charge in [-0.2, -0.15) is 0 Å². The number of nitrogens with zero attached hydrogens (tertiary/aromatic N) is 1. The van der Waals surface area contributed by atoms with Gasteiger partial charge in [-0.3, -0.25) is 4.98 Å². The molecule has 0 N–H and O–H groups in total. The molecule has 0 saturated carbocycles. The van der Waals surface area contributed by atoms with Crippen molar-refractivity contribution >= 4 is 5.57 Å². The van der Waals surface area contributed by atoms with Gasteiger partial charge in [-0.05, 0) is 47.6 Å². The van der Waals surface area contributed by atoms with E-state index in [1.807, 2.05) is 18.5 Å². The Kier molecular flexibility index (Phi) is 4.00. The molecule has 4 rings (SSSR count). The summed E-state index contributed by atoms with van der Waals surface area (Å²) < 4.78 is 0. The van der Waals surface area contributed by atoms with Crippen LogP contribution in [0.25, 0.3) is 5.57 Å². The first-order chi connectivity index (χ1) is 11.8. The Morgan fingerprint density at radius 3 is 2.33 bits per heavy atom. The molecule has 0 saturated heterocycles. The lowest BCUT2D eigenvalue weighted by molar-refractivity contribution is 0.668. The van der Waals surface area contributed by atoms with Crippen LogP contribution in [0, 0.1) is 6.92 Å². The molecule has 0 fully saturated rings. The van der Waals surface area contributed by atoms with Crippen molar-refractivity contribution in [2.75, 3.05) is 0 Å². The SMILES string of the molecule is Cc1ccc([C@@H]2CC(c3cccnc3)=C[C@H]2c2ccccc2)cc1. The summed E-state index contributed by atoms with van der Waals surface area (Å²) >= 11 is 0. The van der Waals surface area contributed by atoms with Crippen molar-refractivity contribution in [3.05, 3.63) is 107 Å². The van der Waals surface area contributed by atoms with Crippen LogP contribution in [0.2, 0.25) is 0 Å². The minimum atomic E-state index is 0.420. The van der Waals surface area contributed by atoms with Gasteiger partial charge >= 0.3 is 0 Å². The Hall–Kier alpha value is -2.67. The third-order valence-electron chi connectivity index (χ3n) is 4.98. The van der Waals surface area contributed by atoms with Crippen molar-refractivity contribution in [2.24, 2.45) is 0 Å². The van der Waals surface area contributed by atoms with Crippen molar-refractivity contribution < 1.29 is 0 Å². The molecule has 0 radical (unpaired) electrons. The van der Waals surface area contributed by atoms with Crippen molar-refractivity contribution in [1.82, 2.24) is 4.98 Å². The molecule has 0 amide bonds. The molecule has 0 spiro atoms. The maximum atomic E-state index is 4.30. The molecule has 2 aromatic carbocycles. The number of allylic oxidation sites excluding steroid dienone is 2. The average molecular weight is 311 g/mol. The van der Waals surface area contributed by atoms with Gasteiger partial charge in [0, 0.05) is 18.3 Å². The third-order valence-corrected chi connectivity index (χ3v) is 4.98. The second kappa shape index (κ2) is 6.45. The summed E-state index contributed by atoms with van der Waals surface area (Å²) in [6, 6.07) is 24.1. The zero-order valence-corrected chi connectivity index (χ0v) is 13.9. The largest absolute Gasteiger partial charge is 0.264 e. The van der Waals surface area contributed by atoms with Gasteiger partial charge in [-0.25, -0.2) is 0 Å². The molecule has 0 bridgehead atoms. The van der Waals surface area contributed by atoms with Crippen LogP contribution < -0.4 is 0 Å². The maximum absolute atomic E-state index is 4.30. The summed E-state index contributed by atoms with van der Waals surface area (Å²) in [6.07, 6.45) is 7.32. The molecule has 118 valence electrons. The molecule has 1 nitrogen and oxygen atoms in total. The van der Waals surface area contributed by atoms with Gasteiger partial charge in [0.05, 0.1) is 0 Å². The molecular formula is C23H21N. The van der Waals surface area contributed by atoms with Crippen LogP contribution in [0.3, 0.4) is 0 Å². The van der Waals surface area contributed by atoms with Crippen LogP contribution in [-0.2, 0) is 0 Å². The van der Waals surface area contributed by atoms with E-state index in [9.17, 15) is 0 Å². The smallest absolute Gasteiger partial charge is 0.0342 e. The maximum Gasteiger partial charge on any atom is 0.0342 e. The second-order valence-electron chi connectivity index (χ2n) is 6.59. The van der Waals surface area contributed by atoms with Crippen LogP contribution >= 0.6 is 0 Å². The fourth-order valence-corrected chi connectivity index (χ4v) is 3.67. The quantitative estimate of drug-likeness (QED) is 0.600. The third kappa shape index (κ3) is 2.90. The van der Waals surface area contributed by atoms with Gasteiger partial charge in [0.25, 0.3) is 0 Å². The number of benzene rings is 2. The van der Waals surface area contributed by atoms with Crippen LogP contribution in [0.4, 0.5) is 0 Å². The summed E-state index contributed by atoms with van der Waals surface area (Å²) in [4.78, 5) is 4.30. The Bertz CT molecular complexity index is 832. The minimum absolute atomic E-state index is 0.420. The Balaban J connectivity index is 1.74. The van der Waals surface area contributed by atoms with Crippen LogP contribution in [0.1, 0.15) is 40.5 Å². The number of hydrogen-bond donors (Lipinski definition) is 0. The van der Waals surface area contributed by atoms with Crippen molar-refractivity contribution in [3.8, 4) is 0 Å². The van der Waals surface area contributed by atoms with Crippen LogP contribution in [0.5, 0.6) is 0 Å². The summed E-state index contributed by atoms with van der Waals surface area (Å²) in [7, 11) is 0. The summed E-state index contributed by atoms with van der Waals surface area (Å²) in [5, 5.41) is 0. The number of rotatable bonds is 3. The van der Waals surface area contributed by atoms with E-state index in [1.165, 1.54) is 27.8 Å². The predicted octanol–water partition coefficient (Wildman–Crippen LogP) is 5.74. The second-order valence-corrected chi connectivity index (χ2v) is 6.59. The molecule has 2 atom stereocenters. The van der Waals surface area contributed by atoms with Gasteiger partial charge in [0.15, 0.2) is 0 Å². The Morgan fingerprint density at radius 2 is 1.62 bits per heavy atom. The molecule has 1 aliphatic carbocycles. The van der Waals surface area contributed by atoms with E-state index < -0.39 is 0 Å². The summed E-state index contributed by atoms with van der Waals surface area (Å²) in [5.41, 5.74) is 6.77. The Labute approximate surface area is 143 Å². The highest BCUT2D eigenvalue weighted by atomic mass is 14.6. The van der Waals surface area contributed by atoms with E-state index in [0.29, 0.717) is 11.8 Å². The number of aromatic nitrogens is 1. The topological polar surface area (TPSA) is 12.9 Å². The highest BCUT2D eigenvalue weighted by molar-refractivity contribution is 5.70. The fourth-order valence-electron chi connectivity index (χ4n) is 3.67. The summed E-state index contributed by atoms with van der Waals surface area (Å²) in [6.45, 7) is 2.15. The highest BCUT2D eigenvalue weighted by Crippen LogP contribution is 2.47. The van der Waals surface area contributed by atoms with Crippen molar-refractivity contribution in [3.63, 3.8) is 0 Å². The molecule has 24 heavy (non-hydrogen) atoms. The molecule has 1 heteroatoms. The van der Waals surface area contributed by atoms with Crippen molar-refractivity contribution in [2.45, 2.75) is 25.2 Å². The monoisotopic (exact) mass is 311 g/mol. The first kappa shape index (κ1) is 14.9. The lowest BCUT2D eigenvalue weighted by Gasteiger charge is -2.20. The van der Waals surface area contributed by atoms with Crippen molar-refractivity contribution in [1.29, 1.82) is 0 Å².